The molecule has 0 spiro atoms. The lowest BCUT2D eigenvalue weighted by Gasteiger charge is -2.20. The number of nitrogens with zero attached hydrogens (tertiary/aromatic N) is 1. The summed E-state index contributed by atoms with van der Waals surface area (Å²) in [5.41, 5.74) is 1.46. The highest BCUT2D eigenvalue weighted by atomic mass is 32.2. The normalized spacial score (nSPS) is 20.3. The first kappa shape index (κ1) is 16.5. The largest absolute Gasteiger partial charge is 0.353 e. The Bertz CT molecular complexity index is 696. The number of rotatable bonds is 4. The van der Waals surface area contributed by atoms with Gasteiger partial charge in [0.25, 0.3) is 5.91 Å². The van der Waals surface area contributed by atoms with Crippen LogP contribution in [0.1, 0.15) is 60.3 Å². The van der Waals surface area contributed by atoms with E-state index in [4.69, 9.17) is 0 Å². The maximum atomic E-state index is 13.0. The fourth-order valence-corrected chi connectivity index (χ4v) is 5.17. The first-order valence-electron chi connectivity index (χ1n) is 8.41. The molecule has 1 saturated carbocycles. The van der Waals surface area contributed by atoms with Gasteiger partial charge in [0.15, 0.2) is 0 Å². The zero-order chi connectivity index (χ0) is 16.6. The first-order chi connectivity index (χ1) is 10.9. The summed E-state index contributed by atoms with van der Waals surface area (Å²) in [5, 5.41) is 2.91. The van der Waals surface area contributed by atoms with Crippen LogP contribution in [0.25, 0.3) is 0 Å². The van der Waals surface area contributed by atoms with Crippen LogP contribution in [0, 0.1) is 13.8 Å². The molecule has 2 aliphatic rings. The molecule has 1 aromatic rings. The van der Waals surface area contributed by atoms with Gasteiger partial charge in [-0.25, -0.2) is 8.42 Å². The minimum absolute atomic E-state index is 0.203. The van der Waals surface area contributed by atoms with Crippen LogP contribution in [0.5, 0.6) is 0 Å². The van der Waals surface area contributed by atoms with Crippen molar-refractivity contribution in [3.05, 3.63) is 17.0 Å². The molecule has 1 aromatic heterocycles. The van der Waals surface area contributed by atoms with Crippen molar-refractivity contribution in [2.75, 3.05) is 13.1 Å². The lowest BCUT2D eigenvalue weighted by Crippen LogP contribution is -2.32. The van der Waals surface area contributed by atoms with E-state index < -0.39 is 10.0 Å². The summed E-state index contributed by atoms with van der Waals surface area (Å²) in [6, 6.07) is 0.246. The number of aromatic amines is 1. The summed E-state index contributed by atoms with van der Waals surface area (Å²) in [6.45, 7) is 4.58. The van der Waals surface area contributed by atoms with Crippen LogP contribution in [0.4, 0.5) is 0 Å². The molecule has 1 aliphatic heterocycles. The molecule has 2 fully saturated rings. The lowest BCUT2D eigenvalue weighted by atomic mass is 10.2. The van der Waals surface area contributed by atoms with Gasteiger partial charge in [-0.2, -0.15) is 4.31 Å². The molecule has 1 amide bonds. The number of aromatic nitrogens is 1. The number of amides is 1. The highest BCUT2D eigenvalue weighted by Crippen LogP contribution is 2.28. The quantitative estimate of drug-likeness (QED) is 0.881. The number of aryl methyl sites for hydroxylation is 1. The van der Waals surface area contributed by atoms with E-state index in [0.717, 1.165) is 38.5 Å². The van der Waals surface area contributed by atoms with Crippen molar-refractivity contribution in [2.45, 2.75) is 63.3 Å². The van der Waals surface area contributed by atoms with Gasteiger partial charge in [-0.1, -0.05) is 12.8 Å². The predicted octanol–water partition coefficient (Wildman–Crippen LogP) is 2.09. The van der Waals surface area contributed by atoms with Crippen molar-refractivity contribution in [1.29, 1.82) is 0 Å². The molecular weight excluding hydrogens is 314 g/mol. The van der Waals surface area contributed by atoms with Crippen LogP contribution in [0.3, 0.4) is 0 Å². The average molecular weight is 339 g/mol. The van der Waals surface area contributed by atoms with Crippen molar-refractivity contribution in [3.8, 4) is 0 Å². The molecule has 0 bridgehead atoms. The van der Waals surface area contributed by atoms with Crippen LogP contribution in [-0.4, -0.2) is 42.7 Å². The molecule has 2 N–H and O–H groups in total. The minimum Gasteiger partial charge on any atom is -0.353 e. The Hall–Kier alpha value is -1.34. The molecule has 2 heterocycles. The molecule has 0 radical (unpaired) electrons. The van der Waals surface area contributed by atoms with E-state index in [1.807, 2.05) is 0 Å². The first-order valence-corrected chi connectivity index (χ1v) is 9.85. The molecule has 6 nitrogen and oxygen atoms in total. The second kappa shape index (κ2) is 6.28. The maximum absolute atomic E-state index is 13.0. The Morgan fingerprint density at radius 2 is 1.74 bits per heavy atom. The Balaban J connectivity index is 1.91. The summed E-state index contributed by atoms with van der Waals surface area (Å²) in [7, 11) is -3.55. The smallest absolute Gasteiger partial charge is 0.268 e. The zero-order valence-electron chi connectivity index (χ0n) is 13.8. The number of nitrogens with one attached hydrogen (secondary N) is 2. The third-order valence-electron chi connectivity index (χ3n) is 4.67. The van der Waals surface area contributed by atoms with Gasteiger partial charge in [-0.3, -0.25) is 4.79 Å². The molecule has 128 valence electrons. The molecular formula is C16H25N3O3S. The fraction of sp³-hybridized carbons (Fsp3) is 0.688. The van der Waals surface area contributed by atoms with E-state index in [2.05, 4.69) is 10.3 Å². The molecule has 1 aliphatic carbocycles. The van der Waals surface area contributed by atoms with E-state index in [9.17, 15) is 13.2 Å². The molecule has 0 aromatic carbocycles. The van der Waals surface area contributed by atoms with E-state index in [0.29, 0.717) is 30.0 Å². The van der Waals surface area contributed by atoms with Gasteiger partial charge in [-0.15, -0.1) is 0 Å². The van der Waals surface area contributed by atoms with Crippen molar-refractivity contribution in [3.63, 3.8) is 0 Å². The van der Waals surface area contributed by atoms with E-state index in [1.165, 1.54) is 0 Å². The number of carbonyl (C=O) groups is 1. The van der Waals surface area contributed by atoms with Crippen molar-refractivity contribution < 1.29 is 13.2 Å². The van der Waals surface area contributed by atoms with Crippen LogP contribution in [0.2, 0.25) is 0 Å². The van der Waals surface area contributed by atoms with Gasteiger partial charge in [0.05, 0.1) is 0 Å². The number of H-pyrrole nitrogens is 1. The van der Waals surface area contributed by atoms with E-state index in [-0.39, 0.29) is 16.8 Å². The topological polar surface area (TPSA) is 82.3 Å². The Morgan fingerprint density at radius 1 is 1.13 bits per heavy atom. The average Bonchev–Trinajstić information content (AvgIpc) is 3.26. The highest BCUT2D eigenvalue weighted by molar-refractivity contribution is 7.89. The summed E-state index contributed by atoms with van der Waals surface area (Å²) < 4.78 is 27.6. The molecule has 3 rings (SSSR count). The summed E-state index contributed by atoms with van der Waals surface area (Å²) in [6.07, 6.45) is 5.96. The molecule has 1 saturated heterocycles. The van der Waals surface area contributed by atoms with Crippen LogP contribution in [-0.2, 0) is 10.0 Å². The summed E-state index contributed by atoms with van der Waals surface area (Å²) >= 11 is 0. The third kappa shape index (κ3) is 3.30. The monoisotopic (exact) mass is 339 g/mol. The minimum atomic E-state index is -3.55. The van der Waals surface area contributed by atoms with Gasteiger partial charge < -0.3 is 10.3 Å². The standard InChI is InChI=1S/C16H25N3O3S/c1-11-14(16(20)18-13-7-8-13)17-12(2)15(11)23(21,22)19-9-5-3-4-6-10-19/h13,17H,3-10H2,1-2H3,(H,18,20). The van der Waals surface area contributed by atoms with Gasteiger partial charge in [0, 0.05) is 24.8 Å². The van der Waals surface area contributed by atoms with Crippen LogP contribution >= 0.6 is 0 Å². The third-order valence-corrected chi connectivity index (χ3v) is 6.84. The summed E-state index contributed by atoms with van der Waals surface area (Å²) in [5.74, 6) is -0.203. The van der Waals surface area contributed by atoms with Gasteiger partial charge in [-0.05, 0) is 45.1 Å². The number of sulfonamides is 1. The molecule has 0 unspecified atom stereocenters. The van der Waals surface area contributed by atoms with Crippen LogP contribution < -0.4 is 5.32 Å². The Kier molecular flexibility index (Phi) is 4.51. The highest BCUT2D eigenvalue weighted by Gasteiger charge is 2.33. The maximum Gasteiger partial charge on any atom is 0.268 e. The predicted molar refractivity (Wildman–Crippen MR) is 88.0 cm³/mol. The van der Waals surface area contributed by atoms with E-state index >= 15 is 0 Å². The van der Waals surface area contributed by atoms with Gasteiger partial charge >= 0.3 is 0 Å². The molecule has 7 heteroatoms. The lowest BCUT2D eigenvalue weighted by molar-refractivity contribution is 0.0946. The van der Waals surface area contributed by atoms with Crippen molar-refractivity contribution in [1.82, 2.24) is 14.6 Å². The second-order valence-corrected chi connectivity index (χ2v) is 8.52. The second-order valence-electron chi connectivity index (χ2n) is 6.65. The number of hydrogen-bond acceptors (Lipinski definition) is 3. The fourth-order valence-electron chi connectivity index (χ4n) is 3.24. The SMILES string of the molecule is Cc1[nH]c(C(=O)NC2CC2)c(C)c1S(=O)(=O)N1CCCCCC1. The van der Waals surface area contributed by atoms with Crippen molar-refractivity contribution in [2.24, 2.45) is 0 Å². The van der Waals surface area contributed by atoms with Gasteiger partial charge in [0.2, 0.25) is 10.0 Å². The molecule has 0 atom stereocenters. The van der Waals surface area contributed by atoms with Crippen LogP contribution in [0.15, 0.2) is 4.90 Å². The number of carbonyl (C=O) groups excluding carboxylic acids is 1. The Labute approximate surface area is 137 Å². The molecule has 23 heavy (non-hydrogen) atoms. The zero-order valence-corrected chi connectivity index (χ0v) is 14.6. The number of hydrogen-bond donors (Lipinski definition) is 2. The Morgan fingerprint density at radius 3 is 2.30 bits per heavy atom. The van der Waals surface area contributed by atoms with E-state index in [1.54, 1.807) is 18.2 Å². The van der Waals surface area contributed by atoms with Crippen molar-refractivity contribution >= 4 is 15.9 Å². The summed E-state index contributed by atoms with van der Waals surface area (Å²) in [4.78, 5) is 15.6. The van der Waals surface area contributed by atoms with Gasteiger partial charge in [0.1, 0.15) is 10.6 Å².